The maximum atomic E-state index is 13.5. The lowest BCUT2D eigenvalue weighted by Crippen LogP contribution is -2.56. The molecule has 2 aliphatic heterocycles. The fourth-order valence-electron chi connectivity index (χ4n) is 5.65. The first-order chi connectivity index (χ1) is 14.9. The number of hydrogen-bond donors (Lipinski definition) is 0. The standard InChI is InChI=1S/C25H37N5O/c1-6-29(15-22-19(3)26-30(7-2)20(22)4)24(31)23-13-25(16-27(23)5)17-28(18-25)14-21-11-9-8-10-12-21/h8-12,23H,6-7,13-18H2,1-5H3. The van der Waals surface area contributed by atoms with Gasteiger partial charge in [0.25, 0.3) is 0 Å². The number of rotatable bonds is 7. The summed E-state index contributed by atoms with van der Waals surface area (Å²) in [5.41, 5.74) is 5.05. The van der Waals surface area contributed by atoms with Gasteiger partial charge in [-0.2, -0.15) is 5.10 Å². The number of carbonyl (C=O) groups is 1. The van der Waals surface area contributed by atoms with Crippen LogP contribution < -0.4 is 0 Å². The van der Waals surface area contributed by atoms with Gasteiger partial charge in [-0.25, -0.2) is 0 Å². The van der Waals surface area contributed by atoms with Gasteiger partial charge >= 0.3 is 0 Å². The normalized spacial score (nSPS) is 20.9. The molecule has 0 aliphatic carbocycles. The van der Waals surface area contributed by atoms with Crippen LogP contribution in [0.15, 0.2) is 30.3 Å². The Labute approximate surface area is 186 Å². The predicted octanol–water partition coefficient (Wildman–Crippen LogP) is 3.07. The molecule has 3 heterocycles. The lowest BCUT2D eigenvalue weighted by atomic mass is 9.77. The van der Waals surface area contributed by atoms with E-state index in [1.54, 1.807) is 0 Å². The van der Waals surface area contributed by atoms with Crippen LogP contribution in [0.3, 0.4) is 0 Å². The molecular formula is C25H37N5O. The predicted molar refractivity (Wildman–Crippen MR) is 124 cm³/mol. The van der Waals surface area contributed by atoms with E-state index < -0.39 is 0 Å². The van der Waals surface area contributed by atoms with Gasteiger partial charge in [0.05, 0.1) is 11.7 Å². The van der Waals surface area contributed by atoms with Crippen molar-refractivity contribution < 1.29 is 4.79 Å². The molecule has 0 bridgehead atoms. The Kier molecular flexibility index (Phi) is 6.22. The summed E-state index contributed by atoms with van der Waals surface area (Å²) in [7, 11) is 2.12. The van der Waals surface area contributed by atoms with Crippen LogP contribution in [0.2, 0.25) is 0 Å². The molecule has 31 heavy (non-hydrogen) atoms. The van der Waals surface area contributed by atoms with E-state index in [9.17, 15) is 4.79 Å². The summed E-state index contributed by atoms with van der Waals surface area (Å²) in [5, 5.41) is 4.64. The third kappa shape index (κ3) is 4.28. The molecule has 2 saturated heterocycles. The van der Waals surface area contributed by atoms with Crippen molar-refractivity contribution in [1.82, 2.24) is 24.5 Å². The van der Waals surface area contributed by atoms with E-state index in [4.69, 9.17) is 0 Å². The zero-order chi connectivity index (χ0) is 22.2. The van der Waals surface area contributed by atoms with Gasteiger partial charge in [-0.3, -0.25) is 19.3 Å². The number of likely N-dealkylation sites (N-methyl/N-ethyl adjacent to an activating group) is 2. The lowest BCUT2D eigenvalue weighted by molar-refractivity contribution is -0.136. The van der Waals surface area contributed by atoms with Crippen molar-refractivity contribution in [2.75, 3.05) is 33.2 Å². The number of benzene rings is 1. The van der Waals surface area contributed by atoms with Gasteiger partial charge in [0.2, 0.25) is 5.91 Å². The van der Waals surface area contributed by atoms with Crippen molar-refractivity contribution in [1.29, 1.82) is 0 Å². The van der Waals surface area contributed by atoms with E-state index >= 15 is 0 Å². The van der Waals surface area contributed by atoms with Crippen molar-refractivity contribution in [3.8, 4) is 0 Å². The number of carbonyl (C=O) groups excluding carboxylic acids is 1. The van der Waals surface area contributed by atoms with Crippen LogP contribution >= 0.6 is 0 Å². The Morgan fingerprint density at radius 3 is 2.48 bits per heavy atom. The quantitative estimate of drug-likeness (QED) is 0.687. The van der Waals surface area contributed by atoms with Crippen LogP contribution in [-0.2, 0) is 24.4 Å². The number of aromatic nitrogens is 2. The van der Waals surface area contributed by atoms with Crippen LogP contribution in [0.1, 0.15) is 42.8 Å². The van der Waals surface area contributed by atoms with Gasteiger partial charge < -0.3 is 4.90 Å². The zero-order valence-corrected chi connectivity index (χ0v) is 19.8. The molecule has 1 aromatic heterocycles. The summed E-state index contributed by atoms with van der Waals surface area (Å²) < 4.78 is 2.04. The molecule has 6 nitrogen and oxygen atoms in total. The van der Waals surface area contributed by atoms with Crippen molar-refractivity contribution >= 4 is 5.91 Å². The molecule has 1 spiro atoms. The summed E-state index contributed by atoms with van der Waals surface area (Å²) >= 11 is 0. The molecule has 1 atom stereocenters. The highest BCUT2D eigenvalue weighted by molar-refractivity contribution is 5.82. The Morgan fingerprint density at radius 2 is 1.87 bits per heavy atom. The molecular weight excluding hydrogens is 386 g/mol. The van der Waals surface area contributed by atoms with E-state index in [2.05, 4.69) is 80.0 Å². The van der Waals surface area contributed by atoms with Crippen molar-refractivity contribution in [3.63, 3.8) is 0 Å². The maximum Gasteiger partial charge on any atom is 0.240 e. The topological polar surface area (TPSA) is 44.6 Å². The average Bonchev–Trinajstić information content (AvgIpc) is 3.22. The van der Waals surface area contributed by atoms with Crippen molar-refractivity contribution in [2.45, 2.75) is 59.8 Å². The Hall–Kier alpha value is -2.18. The fraction of sp³-hybridized carbons (Fsp3) is 0.600. The summed E-state index contributed by atoms with van der Waals surface area (Å²) in [4.78, 5) is 20.4. The molecule has 1 aromatic carbocycles. The monoisotopic (exact) mass is 423 g/mol. The molecule has 0 radical (unpaired) electrons. The molecule has 1 unspecified atom stereocenters. The number of likely N-dealkylation sites (tertiary alicyclic amines) is 2. The molecule has 6 heteroatoms. The first-order valence-electron chi connectivity index (χ1n) is 11.6. The number of nitrogens with zero attached hydrogens (tertiary/aromatic N) is 5. The minimum Gasteiger partial charge on any atom is -0.337 e. The number of amides is 1. The highest BCUT2D eigenvalue weighted by Gasteiger charge is 2.52. The summed E-state index contributed by atoms with van der Waals surface area (Å²) in [6, 6.07) is 10.7. The smallest absolute Gasteiger partial charge is 0.240 e. The van der Waals surface area contributed by atoms with Crippen LogP contribution in [0.5, 0.6) is 0 Å². The second-order valence-electron chi connectivity index (χ2n) is 9.58. The van der Waals surface area contributed by atoms with Gasteiger partial charge in [-0.05, 0) is 46.7 Å². The molecule has 2 aromatic rings. The fourth-order valence-corrected chi connectivity index (χ4v) is 5.65. The highest BCUT2D eigenvalue weighted by atomic mass is 16.2. The second kappa shape index (κ2) is 8.75. The lowest BCUT2D eigenvalue weighted by Gasteiger charge is -2.48. The average molecular weight is 424 g/mol. The SMILES string of the molecule is CCN(Cc1c(C)nn(CC)c1C)C(=O)C1CC2(CN(Cc3ccccc3)C2)CN1C. The molecule has 2 fully saturated rings. The van der Waals surface area contributed by atoms with E-state index in [1.807, 2.05) is 9.58 Å². The minimum atomic E-state index is -0.0133. The summed E-state index contributed by atoms with van der Waals surface area (Å²) in [6.45, 7) is 14.8. The van der Waals surface area contributed by atoms with Gasteiger partial charge in [0.15, 0.2) is 0 Å². The number of hydrogen-bond acceptors (Lipinski definition) is 4. The molecule has 0 saturated carbocycles. The summed E-state index contributed by atoms with van der Waals surface area (Å²) in [6.07, 6.45) is 0.969. The van der Waals surface area contributed by atoms with E-state index in [0.29, 0.717) is 6.54 Å². The van der Waals surface area contributed by atoms with E-state index in [-0.39, 0.29) is 17.4 Å². The van der Waals surface area contributed by atoms with E-state index in [1.165, 1.54) is 16.8 Å². The van der Waals surface area contributed by atoms with Crippen LogP contribution in [-0.4, -0.2) is 69.7 Å². The highest BCUT2D eigenvalue weighted by Crippen LogP contribution is 2.43. The Bertz CT molecular complexity index is 915. The third-order valence-electron chi connectivity index (χ3n) is 7.27. The first kappa shape index (κ1) is 22.0. The molecule has 4 rings (SSSR count). The maximum absolute atomic E-state index is 13.5. The van der Waals surface area contributed by atoms with Crippen molar-refractivity contribution in [3.05, 3.63) is 52.8 Å². The zero-order valence-electron chi connectivity index (χ0n) is 19.8. The summed E-state index contributed by atoms with van der Waals surface area (Å²) in [5.74, 6) is 0.270. The Morgan fingerprint density at radius 1 is 1.16 bits per heavy atom. The van der Waals surface area contributed by atoms with Crippen LogP contribution in [0.25, 0.3) is 0 Å². The Balaban J connectivity index is 1.39. The molecule has 168 valence electrons. The number of aryl methyl sites for hydroxylation is 2. The molecule has 1 amide bonds. The first-order valence-corrected chi connectivity index (χ1v) is 11.6. The minimum absolute atomic E-state index is 0.0133. The van der Waals surface area contributed by atoms with E-state index in [0.717, 1.165) is 51.4 Å². The third-order valence-corrected chi connectivity index (χ3v) is 7.27. The van der Waals surface area contributed by atoms with Gasteiger partial charge in [0, 0.05) is 62.5 Å². The second-order valence-corrected chi connectivity index (χ2v) is 9.58. The van der Waals surface area contributed by atoms with Crippen LogP contribution in [0.4, 0.5) is 0 Å². The molecule has 2 aliphatic rings. The largest absolute Gasteiger partial charge is 0.337 e. The van der Waals surface area contributed by atoms with Gasteiger partial charge in [-0.1, -0.05) is 30.3 Å². The molecule has 0 N–H and O–H groups in total. The van der Waals surface area contributed by atoms with Crippen molar-refractivity contribution in [2.24, 2.45) is 5.41 Å². The van der Waals surface area contributed by atoms with Gasteiger partial charge in [-0.15, -0.1) is 0 Å². The van der Waals surface area contributed by atoms with Gasteiger partial charge in [0.1, 0.15) is 0 Å². The van der Waals surface area contributed by atoms with Crippen LogP contribution in [0, 0.1) is 19.3 Å².